The lowest BCUT2D eigenvalue weighted by molar-refractivity contribution is -0.111. The standard InChI is InChI=1S/C47H52N8O5P4/c48-31-21(15-5-1-6-15)44(61)27(35(52)40(31)57)25(28-36(53)41(58)32(49)22(45(28)62)16-7-2-8-16)19-13-14-20(39(19)56)26(29-37(54)42(59)33(50)23(46(29)63)17-9-3-10-17)30-38(55)43(60)34(51)24(47(30)64)18-11-4-12-18/h5,7,9,11,57-60H,1-4,6,8,10,12-14,48-55,61-64H2. The third kappa shape index (κ3) is 6.15. The molecule has 9 rings (SSSR count). The van der Waals surface area contributed by atoms with Crippen LogP contribution in [0.25, 0.3) is 33.4 Å². The number of phenolic OH excluding ortho intramolecular Hbond substituents is 4. The quantitative estimate of drug-likeness (QED) is 0.0447. The van der Waals surface area contributed by atoms with Crippen molar-refractivity contribution in [2.45, 2.75) is 64.2 Å². The molecule has 5 aliphatic rings. The van der Waals surface area contributed by atoms with Crippen LogP contribution in [-0.2, 0) is 4.79 Å². The molecule has 64 heavy (non-hydrogen) atoms. The molecule has 0 radical (unpaired) electrons. The Kier molecular flexibility index (Phi) is 10.7. The van der Waals surface area contributed by atoms with Crippen LogP contribution in [0.5, 0.6) is 23.0 Å². The van der Waals surface area contributed by atoms with Crippen LogP contribution in [0, 0.1) is 0 Å². The zero-order chi connectivity index (χ0) is 46.0. The van der Waals surface area contributed by atoms with Gasteiger partial charge in [0.2, 0.25) is 0 Å². The van der Waals surface area contributed by atoms with Crippen LogP contribution < -0.4 is 67.1 Å². The van der Waals surface area contributed by atoms with Gasteiger partial charge in [-0.05, 0) is 108 Å². The molecule has 4 atom stereocenters. The van der Waals surface area contributed by atoms with Crippen molar-refractivity contribution in [1.82, 2.24) is 0 Å². The number of hydrogen-bond donors (Lipinski definition) is 12. The summed E-state index contributed by atoms with van der Waals surface area (Å²) < 4.78 is 0. The molecule has 0 saturated heterocycles. The second kappa shape index (κ2) is 15.8. The Balaban J connectivity index is 1.45. The molecule has 5 aliphatic carbocycles. The molecule has 13 nitrogen and oxygen atoms in total. The van der Waals surface area contributed by atoms with Gasteiger partial charge >= 0.3 is 0 Å². The molecule has 4 unspecified atom stereocenters. The number of ketones is 1. The molecule has 0 bridgehead atoms. The lowest BCUT2D eigenvalue weighted by Gasteiger charge is -2.29. The van der Waals surface area contributed by atoms with Crippen molar-refractivity contribution in [1.29, 1.82) is 0 Å². The maximum atomic E-state index is 16.0. The Labute approximate surface area is 379 Å². The second-order valence-electron chi connectivity index (χ2n) is 17.0. The van der Waals surface area contributed by atoms with Crippen LogP contribution in [0.4, 0.5) is 45.5 Å². The number of nitrogens with two attached hydrogens (primary N) is 8. The van der Waals surface area contributed by atoms with Gasteiger partial charge in [-0.15, -0.1) is 37.0 Å². The van der Waals surface area contributed by atoms with Gasteiger partial charge in [0.05, 0.1) is 45.5 Å². The van der Waals surface area contributed by atoms with Gasteiger partial charge < -0.3 is 66.3 Å². The number of Topliss-reactive ketones (excluding diaryl/α,β-unsaturated/α-hetero) is 1. The number of rotatable bonds is 8. The first-order chi connectivity index (χ1) is 30.4. The molecule has 1 saturated carbocycles. The molecule has 20 N–H and O–H groups in total. The summed E-state index contributed by atoms with van der Waals surface area (Å²) in [6.07, 6.45) is 14.3. The highest BCUT2D eigenvalue weighted by Crippen LogP contribution is 2.54. The summed E-state index contributed by atoms with van der Waals surface area (Å²) in [5.41, 5.74) is 62.0. The first-order valence-electron chi connectivity index (χ1n) is 21.0. The van der Waals surface area contributed by atoms with Crippen LogP contribution in [0.1, 0.15) is 109 Å². The van der Waals surface area contributed by atoms with Crippen LogP contribution in [0.2, 0.25) is 0 Å². The lowest BCUT2D eigenvalue weighted by Crippen LogP contribution is -2.23. The fourth-order valence-electron chi connectivity index (χ4n) is 9.70. The van der Waals surface area contributed by atoms with E-state index in [-0.39, 0.29) is 126 Å². The zero-order valence-electron chi connectivity index (χ0n) is 35.0. The van der Waals surface area contributed by atoms with Crippen molar-refractivity contribution in [3.8, 4) is 23.0 Å². The van der Waals surface area contributed by atoms with Gasteiger partial charge in [-0.3, -0.25) is 4.79 Å². The Morgan fingerprint density at radius 3 is 0.750 bits per heavy atom. The van der Waals surface area contributed by atoms with Crippen LogP contribution in [-0.4, -0.2) is 26.2 Å². The Morgan fingerprint density at radius 2 is 0.578 bits per heavy atom. The van der Waals surface area contributed by atoms with E-state index in [9.17, 15) is 20.4 Å². The van der Waals surface area contributed by atoms with E-state index in [0.717, 1.165) is 48.0 Å². The van der Waals surface area contributed by atoms with Gasteiger partial charge in [0.15, 0.2) is 28.8 Å². The van der Waals surface area contributed by atoms with E-state index in [1.807, 2.05) is 24.3 Å². The summed E-state index contributed by atoms with van der Waals surface area (Å²) in [7, 11) is 10.9. The van der Waals surface area contributed by atoms with Crippen LogP contribution in [0.3, 0.4) is 0 Å². The number of anilines is 8. The van der Waals surface area contributed by atoms with Crippen molar-refractivity contribution in [3.63, 3.8) is 0 Å². The summed E-state index contributed by atoms with van der Waals surface area (Å²) in [4.78, 5) is 16.0. The van der Waals surface area contributed by atoms with E-state index in [1.165, 1.54) is 0 Å². The fourth-order valence-corrected chi connectivity index (χ4v) is 12.3. The SMILES string of the molecule is Nc1c(O)c(N)c(C(=C2CCC(=C(c3c(N)c(O)c(N)c(C4=CCC4)c3P)c3c(N)c(O)c(N)c(C4=CCC4)c3P)C2=O)c2c(N)c(O)c(N)c(C3=CCC3)c2P)c(P)c1C1=CCC1. The first-order valence-corrected chi connectivity index (χ1v) is 23.3. The summed E-state index contributed by atoms with van der Waals surface area (Å²) >= 11 is 0. The van der Waals surface area contributed by atoms with Gasteiger partial charge in [0.25, 0.3) is 0 Å². The van der Waals surface area contributed by atoms with Gasteiger partial charge in [-0.1, -0.05) is 24.3 Å². The maximum absolute atomic E-state index is 16.0. The van der Waals surface area contributed by atoms with Crippen molar-refractivity contribution in [2.75, 3.05) is 45.9 Å². The van der Waals surface area contributed by atoms with E-state index in [1.54, 1.807) is 0 Å². The molecule has 4 aromatic carbocycles. The zero-order valence-corrected chi connectivity index (χ0v) is 39.6. The molecule has 0 amide bonds. The summed E-state index contributed by atoms with van der Waals surface area (Å²) in [5.74, 6) is -1.91. The third-order valence-corrected chi connectivity index (χ3v) is 15.9. The number of nitrogen functional groups attached to an aromatic ring is 8. The van der Waals surface area contributed by atoms with Crippen molar-refractivity contribution in [3.05, 3.63) is 80.0 Å². The number of carbonyl (C=O) groups excluding carboxylic acids is 1. The highest BCUT2D eigenvalue weighted by Gasteiger charge is 2.39. The molecular weight excluding hydrogens is 880 g/mol. The van der Waals surface area contributed by atoms with E-state index in [0.29, 0.717) is 69.2 Å². The first kappa shape index (κ1) is 43.6. The van der Waals surface area contributed by atoms with Crippen molar-refractivity contribution >= 4 is 143 Å². The predicted octanol–water partition coefficient (Wildman–Crippen LogP) is 5.54. The molecule has 0 aromatic heterocycles. The monoisotopic (exact) mass is 932 g/mol. The van der Waals surface area contributed by atoms with Gasteiger partial charge in [-0.2, -0.15) is 0 Å². The van der Waals surface area contributed by atoms with Gasteiger partial charge in [0.1, 0.15) is 0 Å². The average Bonchev–Trinajstić information content (AvgIpc) is 3.56. The van der Waals surface area contributed by atoms with E-state index in [4.69, 9.17) is 45.9 Å². The minimum Gasteiger partial charge on any atom is -0.504 e. The molecule has 4 aromatic rings. The lowest BCUT2D eigenvalue weighted by atomic mass is 9.81. The van der Waals surface area contributed by atoms with Gasteiger partial charge in [0, 0.05) is 66.8 Å². The highest BCUT2D eigenvalue weighted by atomic mass is 31.0. The van der Waals surface area contributed by atoms with Crippen molar-refractivity contribution < 1.29 is 25.2 Å². The smallest absolute Gasteiger partial charge is 0.186 e. The van der Waals surface area contributed by atoms with E-state index >= 15 is 4.79 Å². The molecule has 17 heteroatoms. The largest absolute Gasteiger partial charge is 0.504 e. The highest BCUT2D eigenvalue weighted by molar-refractivity contribution is 7.29. The average molecular weight is 933 g/mol. The number of phenols is 4. The maximum Gasteiger partial charge on any atom is 0.186 e. The number of aromatic hydroxyl groups is 4. The van der Waals surface area contributed by atoms with Crippen molar-refractivity contribution in [2.24, 2.45) is 0 Å². The molecule has 1 fully saturated rings. The number of benzene rings is 4. The van der Waals surface area contributed by atoms with Crippen LogP contribution in [0.15, 0.2) is 35.5 Å². The molecule has 0 heterocycles. The number of allylic oxidation sites excluding steroid dienone is 10. The van der Waals surface area contributed by atoms with Gasteiger partial charge in [-0.25, -0.2) is 0 Å². The molecule has 330 valence electrons. The minimum atomic E-state index is -0.465. The van der Waals surface area contributed by atoms with E-state index in [2.05, 4.69) is 37.0 Å². The van der Waals surface area contributed by atoms with Crippen LogP contribution >= 0.6 is 37.0 Å². The number of carbonyl (C=O) groups is 1. The number of hydrogen-bond acceptors (Lipinski definition) is 13. The third-order valence-electron chi connectivity index (χ3n) is 13.6. The van der Waals surface area contributed by atoms with E-state index < -0.39 is 5.78 Å². The molecular formula is C47H52N8O5P4. The Morgan fingerprint density at radius 1 is 0.375 bits per heavy atom. The summed E-state index contributed by atoms with van der Waals surface area (Å²) in [6, 6.07) is 0. The Bertz CT molecular complexity index is 2710. The summed E-state index contributed by atoms with van der Waals surface area (Å²) in [6.45, 7) is 0. The molecule has 0 spiro atoms. The predicted molar refractivity (Wildman–Crippen MR) is 280 cm³/mol. The Hall–Kier alpha value is -5.69. The minimum absolute atomic E-state index is 0.0923. The summed E-state index contributed by atoms with van der Waals surface area (Å²) in [5, 5.41) is 48.9. The normalized spacial score (nSPS) is 16.6. The second-order valence-corrected chi connectivity index (χ2v) is 19.3. The topological polar surface area (TPSA) is 306 Å². The molecule has 0 aliphatic heterocycles. The fraction of sp³-hybridized carbons (Fsp3) is 0.213.